The van der Waals surface area contributed by atoms with E-state index in [1.54, 1.807) is 0 Å². The summed E-state index contributed by atoms with van der Waals surface area (Å²) in [6.45, 7) is 6.37. The number of aliphatic hydroxyl groups excluding tert-OH is 2. The van der Waals surface area contributed by atoms with Crippen molar-refractivity contribution in [1.82, 2.24) is 9.80 Å². The molecule has 2 heterocycles. The van der Waals surface area contributed by atoms with Gasteiger partial charge in [0, 0.05) is 96.0 Å². The van der Waals surface area contributed by atoms with Gasteiger partial charge in [-0.25, -0.2) is 0 Å². The number of hydrogen-bond donors (Lipinski definition) is 2. The highest BCUT2D eigenvalue weighted by atomic mass is 16.3. The second-order valence-corrected chi connectivity index (χ2v) is 17.3. The molecule has 0 aliphatic carbocycles. The second-order valence-electron chi connectivity index (χ2n) is 17.3. The van der Waals surface area contributed by atoms with Crippen LogP contribution in [-0.4, -0.2) is 88.8 Å². The molecule has 0 spiro atoms. The molecule has 7 heteroatoms. The Balaban J connectivity index is 1.09. The molecule has 2 aliphatic rings. The van der Waals surface area contributed by atoms with Gasteiger partial charge >= 0.3 is 0 Å². The lowest BCUT2D eigenvalue weighted by Gasteiger charge is -2.46. The predicted octanol–water partition coefficient (Wildman–Crippen LogP) is 9.04. The van der Waals surface area contributed by atoms with Gasteiger partial charge in [-0.1, -0.05) is 170 Å². The van der Waals surface area contributed by atoms with E-state index in [1.807, 2.05) is 159 Å². The molecule has 2 saturated heterocycles. The third kappa shape index (κ3) is 9.04. The van der Waals surface area contributed by atoms with Crippen LogP contribution in [0.2, 0.25) is 0 Å². The number of piperidine rings is 2. The average Bonchev–Trinajstić information content (AvgIpc) is 3.35. The lowest BCUT2D eigenvalue weighted by molar-refractivity contribution is 0.0534. The largest absolute Gasteiger partial charge is 0.395 e. The smallest absolute Gasteiger partial charge is 0.193 e. The number of carbonyl (C=O) groups excluding carboxylic acids is 3. The molecule has 2 fully saturated rings. The van der Waals surface area contributed by atoms with Crippen LogP contribution in [0, 0.1) is 11.8 Å². The fourth-order valence-electron chi connectivity index (χ4n) is 10.1. The lowest BCUT2D eigenvalue weighted by atomic mass is 9.68. The molecule has 2 aliphatic heterocycles. The number of nitrogens with zero attached hydrogens (tertiary/aromatic N) is 2. The highest BCUT2D eigenvalue weighted by Crippen LogP contribution is 2.46. The van der Waals surface area contributed by atoms with Gasteiger partial charge in [-0.3, -0.25) is 24.2 Å². The maximum absolute atomic E-state index is 14.3. The maximum Gasteiger partial charge on any atom is 0.193 e. The third-order valence-corrected chi connectivity index (χ3v) is 13.6. The molecule has 0 saturated carbocycles. The summed E-state index contributed by atoms with van der Waals surface area (Å²) in [7, 11) is 0. The van der Waals surface area contributed by atoms with Crippen LogP contribution in [0.5, 0.6) is 0 Å². The summed E-state index contributed by atoms with van der Waals surface area (Å²) < 4.78 is 0. The number of Topliss-reactive ketones (excluding diaryl/α,β-unsaturated/α-hetero) is 2. The Kier molecular flexibility index (Phi) is 13.5. The summed E-state index contributed by atoms with van der Waals surface area (Å²) in [5.41, 5.74) is 6.78. The van der Waals surface area contributed by atoms with Crippen molar-refractivity contribution in [3.8, 4) is 0 Å². The molecule has 6 aromatic rings. The van der Waals surface area contributed by atoms with E-state index in [-0.39, 0.29) is 78.2 Å². The Hall–Kier alpha value is -5.83. The van der Waals surface area contributed by atoms with Crippen LogP contribution in [0.3, 0.4) is 0 Å². The van der Waals surface area contributed by atoms with Gasteiger partial charge in [0.25, 0.3) is 0 Å². The molecule has 7 nitrogen and oxygen atoms in total. The quantitative estimate of drug-likeness (QED) is 0.106. The van der Waals surface area contributed by atoms with Gasteiger partial charge in [0.1, 0.15) is 0 Å². The van der Waals surface area contributed by atoms with Crippen molar-refractivity contribution in [1.29, 1.82) is 0 Å². The van der Waals surface area contributed by atoms with Crippen LogP contribution >= 0.6 is 0 Å². The number of ketones is 3. The molecular weight excluding hydrogens is 769 g/mol. The Morgan fingerprint density at radius 2 is 0.758 bits per heavy atom. The van der Waals surface area contributed by atoms with Crippen LogP contribution in [0.1, 0.15) is 96.4 Å². The molecule has 8 rings (SSSR count). The zero-order valence-corrected chi connectivity index (χ0v) is 35.5. The summed E-state index contributed by atoms with van der Waals surface area (Å²) in [5.74, 6) is -0.960. The first-order valence-corrected chi connectivity index (χ1v) is 22.0. The zero-order valence-electron chi connectivity index (χ0n) is 35.5. The predicted molar refractivity (Wildman–Crippen MR) is 245 cm³/mol. The minimum absolute atomic E-state index is 0.0126. The van der Waals surface area contributed by atoms with Crippen LogP contribution in [0.25, 0.3) is 0 Å². The second kappa shape index (κ2) is 19.5. The van der Waals surface area contributed by atoms with E-state index in [9.17, 15) is 24.6 Å². The van der Waals surface area contributed by atoms with Gasteiger partial charge in [0.2, 0.25) is 0 Å². The van der Waals surface area contributed by atoms with Crippen molar-refractivity contribution >= 4 is 17.3 Å². The monoisotopic (exact) mass is 824 g/mol. The Labute approximate surface area is 365 Å². The van der Waals surface area contributed by atoms with Crippen LogP contribution in [0.4, 0.5) is 0 Å². The highest BCUT2D eigenvalue weighted by Gasteiger charge is 2.45. The van der Waals surface area contributed by atoms with E-state index < -0.39 is 0 Å². The van der Waals surface area contributed by atoms with Crippen LogP contribution < -0.4 is 0 Å². The number of likely N-dealkylation sites (tertiary alicyclic amines) is 2. The molecule has 6 unspecified atom stereocenters. The van der Waals surface area contributed by atoms with E-state index in [0.717, 1.165) is 22.3 Å². The van der Waals surface area contributed by atoms with E-state index in [2.05, 4.69) is 34.1 Å². The van der Waals surface area contributed by atoms with Crippen molar-refractivity contribution in [3.05, 3.63) is 214 Å². The van der Waals surface area contributed by atoms with Crippen molar-refractivity contribution in [2.75, 3.05) is 39.4 Å². The lowest BCUT2D eigenvalue weighted by Crippen LogP contribution is -2.51. The number of hydrogen-bond acceptors (Lipinski definition) is 7. The Bertz CT molecular complexity index is 2240. The van der Waals surface area contributed by atoms with E-state index in [1.165, 1.54) is 0 Å². The van der Waals surface area contributed by atoms with Crippen molar-refractivity contribution < 1.29 is 24.6 Å². The summed E-state index contributed by atoms with van der Waals surface area (Å²) >= 11 is 0. The summed E-state index contributed by atoms with van der Waals surface area (Å²) in [6, 6.07) is 55.0. The van der Waals surface area contributed by atoms with Crippen molar-refractivity contribution in [2.45, 2.75) is 49.6 Å². The van der Waals surface area contributed by atoms with Gasteiger partial charge < -0.3 is 10.2 Å². The molecular formula is C55H56N2O5. The summed E-state index contributed by atoms with van der Waals surface area (Å²) in [5, 5.41) is 20.5. The van der Waals surface area contributed by atoms with Crippen molar-refractivity contribution in [2.24, 2.45) is 11.8 Å². The summed E-state index contributed by atoms with van der Waals surface area (Å²) in [4.78, 5) is 47.3. The highest BCUT2D eigenvalue weighted by molar-refractivity contribution is 6.09. The van der Waals surface area contributed by atoms with E-state index >= 15 is 0 Å². The first-order chi connectivity index (χ1) is 30.2. The Morgan fingerprint density at radius 3 is 1.08 bits per heavy atom. The Morgan fingerprint density at radius 1 is 0.435 bits per heavy atom. The fraction of sp³-hybridized carbons (Fsp3) is 0.291. The fourth-order valence-corrected chi connectivity index (χ4v) is 10.1. The number of carbonyl (C=O) groups is 3. The molecule has 0 bridgehead atoms. The number of benzene rings is 6. The van der Waals surface area contributed by atoms with Gasteiger partial charge in [-0.15, -0.1) is 0 Å². The topological polar surface area (TPSA) is 98.2 Å². The van der Waals surface area contributed by atoms with Crippen molar-refractivity contribution in [3.63, 3.8) is 0 Å². The molecule has 0 aromatic heterocycles. The number of rotatable bonds is 14. The molecule has 62 heavy (non-hydrogen) atoms. The van der Waals surface area contributed by atoms with Crippen LogP contribution in [-0.2, 0) is 0 Å². The molecule has 2 N–H and O–H groups in total. The molecule has 6 aromatic carbocycles. The number of aliphatic hydroxyl groups is 2. The van der Waals surface area contributed by atoms with Gasteiger partial charge in [0.05, 0.1) is 13.2 Å². The minimum Gasteiger partial charge on any atom is -0.395 e. The van der Waals surface area contributed by atoms with Crippen LogP contribution in [0.15, 0.2) is 170 Å². The first-order valence-electron chi connectivity index (χ1n) is 22.0. The minimum atomic E-state index is -0.344. The van der Waals surface area contributed by atoms with Gasteiger partial charge in [-0.2, -0.15) is 0 Å². The van der Waals surface area contributed by atoms with E-state index in [0.29, 0.717) is 48.4 Å². The third-order valence-electron chi connectivity index (χ3n) is 13.6. The standard InChI is InChI=1S/C55H56N2O5/c1-37(35-58)56-31-47(51(41-15-7-3-8-16-41)49(33-56)54(61)43-19-11-5-12-20-43)39-23-27-45(28-24-39)53(60)46-29-25-40(26-30-46)48-32-57(38(2)36-59)34-50(52(48)42-17-9-4-10-18-42)55(62)44-21-13-6-14-22-44/h3-30,37-38,47-52,58-59H,31-36H2,1-2H3/t37-,38-,47?,48?,49?,50?,51?,52?/m0/s1. The molecule has 0 amide bonds. The first kappa shape index (κ1) is 42.8. The maximum atomic E-state index is 14.3. The van der Waals surface area contributed by atoms with E-state index in [4.69, 9.17) is 0 Å². The average molecular weight is 825 g/mol. The SMILES string of the molecule is C[C@@H](CO)N1CC(C(=O)c2ccccc2)C(c2ccccc2)C(c2ccc(C(=O)c3ccc(C4CN([C@@H](C)CO)CC(C(=O)c5ccccc5)C4c4ccccc4)cc3)cc2)C1. The van der Waals surface area contributed by atoms with Gasteiger partial charge in [-0.05, 0) is 36.1 Å². The zero-order chi connectivity index (χ0) is 43.2. The molecule has 316 valence electrons. The normalized spacial score (nSPS) is 23.0. The molecule has 8 atom stereocenters. The molecule has 0 radical (unpaired) electrons. The van der Waals surface area contributed by atoms with Gasteiger partial charge in [0.15, 0.2) is 17.3 Å². The summed E-state index contributed by atoms with van der Waals surface area (Å²) in [6.07, 6.45) is 0.